The van der Waals surface area contributed by atoms with Crippen molar-refractivity contribution < 1.29 is 4.92 Å². The third-order valence-electron chi connectivity index (χ3n) is 2.28. The molecule has 78 valence electrons. The van der Waals surface area contributed by atoms with Crippen molar-refractivity contribution in [3.05, 3.63) is 51.0 Å². The SMILES string of the molecule is N#Cc1cccc2c(Cl)ccc([N+](=O)[O-])c12. The van der Waals surface area contributed by atoms with Crippen LogP contribution in [0.4, 0.5) is 5.69 Å². The lowest BCUT2D eigenvalue weighted by Crippen LogP contribution is -1.92. The van der Waals surface area contributed by atoms with Crippen LogP contribution in [0.5, 0.6) is 0 Å². The van der Waals surface area contributed by atoms with Gasteiger partial charge in [-0.3, -0.25) is 10.1 Å². The van der Waals surface area contributed by atoms with Gasteiger partial charge in [-0.15, -0.1) is 0 Å². The summed E-state index contributed by atoms with van der Waals surface area (Å²) in [6.45, 7) is 0. The van der Waals surface area contributed by atoms with Crippen LogP contribution in [0, 0.1) is 21.4 Å². The molecule has 0 radical (unpaired) electrons. The maximum absolute atomic E-state index is 10.8. The second-order valence-electron chi connectivity index (χ2n) is 3.16. The lowest BCUT2D eigenvalue weighted by atomic mass is 10.0. The van der Waals surface area contributed by atoms with Gasteiger partial charge in [-0.1, -0.05) is 23.7 Å². The van der Waals surface area contributed by atoms with Gasteiger partial charge in [0.15, 0.2) is 0 Å². The Morgan fingerprint density at radius 1 is 1.31 bits per heavy atom. The van der Waals surface area contributed by atoms with Crippen LogP contribution in [-0.2, 0) is 0 Å². The van der Waals surface area contributed by atoms with E-state index in [0.29, 0.717) is 15.8 Å². The van der Waals surface area contributed by atoms with Crippen molar-refractivity contribution in [3.8, 4) is 6.07 Å². The highest BCUT2D eigenvalue weighted by molar-refractivity contribution is 6.36. The molecule has 5 heteroatoms. The molecule has 16 heavy (non-hydrogen) atoms. The highest BCUT2D eigenvalue weighted by atomic mass is 35.5. The quantitative estimate of drug-likeness (QED) is 0.560. The summed E-state index contributed by atoms with van der Waals surface area (Å²) in [6, 6.07) is 9.54. The highest BCUT2D eigenvalue weighted by Crippen LogP contribution is 2.33. The van der Waals surface area contributed by atoms with E-state index < -0.39 is 4.92 Å². The van der Waals surface area contributed by atoms with Crippen LogP contribution >= 0.6 is 11.6 Å². The number of halogens is 1. The van der Waals surface area contributed by atoms with Gasteiger partial charge in [0.1, 0.15) is 6.07 Å². The van der Waals surface area contributed by atoms with E-state index in [9.17, 15) is 10.1 Å². The fourth-order valence-electron chi connectivity index (χ4n) is 1.60. The fourth-order valence-corrected chi connectivity index (χ4v) is 1.82. The van der Waals surface area contributed by atoms with Crippen molar-refractivity contribution in [1.82, 2.24) is 0 Å². The van der Waals surface area contributed by atoms with E-state index in [1.807, 2.05) is 6.07 Å². The van der Waals surface area contributed by atoms with Crippen LogP contribution < -0.4 is 0 Å². The molecule has 0 aromatic heterocycles. The van der Waals surface area contributed by atoms with Crippen LogP contribution in [0.15, 0.2) is 30.3 Å². The van der Waals surface area contributed by atoms with Crippen molar-refractivity contribution in [2.45, 2.75) is 0 Å². The molecule has 2 rings (SSSR count). The largest absolute Gasteiger partial charge is 0.278 e. The Morgan fingerprint density at radius 3 is 2.69 bits per heavy atom. The van der Waals surface area contributed by atoms with Crippen LogP contribution in [-0.4, -0.2) is 4.92 Å². The zero-order valence-corrected chi connectivity index (χ0v) is 8.73. The number of fused-ring (bicyclic) bond motifs is 1. The van der Waals surface area contributed by atoms with Gasteiger partial charge < -0.3 is 0 Å². The number of nitro groups is 1. The molecule has 2 aromatic rings. The summed E-state index contributed by atoms with van der Waals surface area (Å²) in [6.07, 6.45) is 0. The zero-order valence-electron chi connectivity index (χ0n) is 7.98. The summed E-state index contributed by atoms with van der Waals surface area (Å²) >= 11 is 5.93. The molecule has 0 bridgehead atoms. The van der Waals surface area contributed by atoms with Gasteiger partial charge >= 0.3 is 0 Å². The molecule has 0 spiro atoms. The van der Waals surface area contributed by atoms with Crippen LogP contribution in [0.25, 0.3) is 10.8 Å². The molecule has 0 aliphatic rings. The number of non-ortho nitro benzene ring substituents is 1. The monoisotopic (exact) mass is 232 g/mol. The predicted molar refractivity (Wildman–Crippen MR) is 60.3 cm³/mol. The van der Waals surface area contributed by atoms with Gasteiger partial charge in [0.2, 0.25) is 0 Å². The summed E-state index contributed by atoms with van der Waals surface area (Å²) in [4.78, 5) is 10.3. The lowest BCUT2D eigenvalue weighted by molar-refractivity contribution is -0.383. The maximum Gasteiger partial charge on any atom is 0.278 e. The van der Waals surface area contributed by atoms with Gasteiger partial charge in [-0.05, 0) is 12.1 Å². The maximum atomic E-state index is 10.8. The Kier molecular flexibility index (Phi) is 2.47. The average Bonchev–Trinajstić information content (AvgIpc) is 2.28. The van der Waals surface area contributed by atoms with Crippen LogP contribution in [0.1, 0.15) is 5.56 Å². The third kappa shape index (κ3) is 1.47. The van der Waals surface area contributed by atoms with Crippen molar-refractivity contribution in [3.63, 3.8) is 0 Å². The molecule has 0 amide bonds. The number of nitriles is 1. The Bertz CT molecular complexity index is 632. The number of rotatable bonds is 1. The summed E-state index contributed by atoms with van der Waals surface area (Å²) in [5.74, 6) is 0. The molecule has 0 aliphatic carbocycles. The van der Waals surface area contributed by atoms with Crippen LogP contribution in [0.2, 0.25) is 5.02 Å². The number of hydrogen-bond donors (Lipinski definition) is 0. The van der Waals surface area contributed by atoms with Gasteiger partial charge in [0, 0.05) is 16.5 Å². The molecule has 4 nitrogen and oxygen atoms in total. The first kappa shape index (κ1) is 10.4. The molecule has 0 saturated heterocycles. The Balaban J connectivity index is 3.01. The number of benzene rings is 2. The molecule has 0 heterocycles. The molecule has 0 saturated carbocycles. The third-order valence-corrected chi connectivity index (χ3v) is 2.61. The Hall–Kier alpha value is -2.12. The van der Waals surface area contributed by atoms with E-state index in [1.54, 1.807) is 12.1 Å². The van der Waals surface area contributed by atoms with Gasteiger partial charge in [-0.25, -0.2) is 0 Å². The first-order valence-electron chi connectivity index (χ1n) is 4.41. The Labute approximate surface area is 95.8 Å². The second kappa shape index (κ2) is 3.80. The topological polar surface area (TPSA) is 66.9 Å². The summed E-state index contributed by atoms with van der Waals surface area (Å²) in [5, 5.41) is 21.0. The van der Waals surface area contributed by atoms with Crippen molar-refractivity contribution in [2.24, 2.45) is 0 Å². The first-order valence-corrected chi connectivity index (χ1v) is 4.78. The van der Waals surface area contributed by atoms with Crippen molar-refractivity contribution in [1.29, 1.82) is 5.26 Å². The second-order valence-corrected chi connectivity index (χ2v) is 3.57. The molecule has 0 N–H and O–H groups in total. The first-order chi connectivity index (χ1) is 7.65. The van der Waals surface area contributed by atoms with Gasteiger partial charge in [-0.2, -0.15) is 5.26 Å². The predicted octanol–water partition coefficient (Wildman–Crippen LogP) is 3.27. The standard InChI is InChI=1S/C11H5ClN2O2/c12-9-4-5-10(14(15)16)11-7(6-13)2-1-3-8(9)11/h1-5H. The molecular weight excluding hydrogens is 228 g/mol. The van der Waals surface area contributed by atoms with E-state index in [4.69, 9.17) is 16.9 Å². The van der Waals surface area contributed by atoms with E-state index in [-0.39, 0.29) is 11.3 Å². The average molecular weight is 233 g/mol. The molecule has 2 aromatic carbocycles. The molecule has 0 unspecified atom stereocenters. The summed E-state index contributed by atoms with van der Waals surface area (Å²) in [5.41, 5.74) is 0.156. The van der Waals surface area contributed by atoms with Crippen molar-refractivity contribution in [2.75, 3.05) is 0 Å². The minimum atomic E-state index is -0.514. The number of hydrogen-bond acceptors (Lipinski definition) is 3. The molecule has 0 atom stereocenters. The summed E-state index contributed by atoms with van der Waals surface area (Å²) < 4.78 is 0. The molecular formula is C11H5ClN2O2. The highest BCUT2D eigenvalue weighted by Gasteiger charge is 2.16. The van der Waals surface area contributed by atoms with E-state index in [1.165, 1.54) is 18.2 Å². The van der Waals surface area contributed by atoms with Crippen LogP contribution in [0.3, 0.4) is 0 Å². The minimum Gasteiger partial charge on any atom is -0.258 e. The van der Waals surface area contributed by atoms with Gasteiger partial charge in [0.25, 0.3) is 5.69 Å². The van der Waals surface area contributed by atoms with E-state index in [2.05, 4.69) is 0 Å². The number of nitro benzene ring substituents is 1. The minimum absolute atomic E-state index is 0.100. The van der Waals surface area contributed by atoms with E-state index in [0.717, 1.165) is 0 Å². The zero-order chi connectivity index (χ0) is 11.7. The summed E-state index contributed by atoms with van der Waals surface area (Å²) in [7, 11) is 0. The van der Waals surface area contributed by atoms with Crippen molar-refractivity contribution >= 4 is 28.1 Å². The molecule has 0 fully saturated rings. The fraction of sp³-hybridized carbons (Fsp3) is 0. The smallest absolute Gasteiger partial charge is 0.258 e. The van der Waals surface area contributed by atoms with E-state index >= 15 is 0 Å². The molecule has 0 aliphatic heterocycles. The Morgan fingerprint density at radius 2 is 2.06 bits per heavy atom. The lowest BCUT2D eigenvalue weighted by Gasteiger charge is -2.02. The van der Waals surface area contributed by atoms with Gasteiger partial charge in [0.05, 0.1) is 15.9 Å². The normalized spacial score (nSPS) is 10.0. The number of nitrogens with zero attached hydrogens (tertiary/aromatic N) is 2.